The molecule has 0 fully saturated rings. The summed E-state index contributed by atoms with van der Waals surface area (Å²) in [5, 5.41) is 13.4. The lowest BCUT2D eigenvalue weighted by Gasteiger charge is -2.29. The summed E-state index contributed by atoms with van der Waals surface area (Å²) in [7, 11) is 0. The monoisotopic (exact) mass is 276 g/mol. The van der Waals surface area contributed by atoms with Crippen LogP contribution in [0.15, 0.2) is 54.6 Å². The van der Waals surface area contributed by atoms with Gasteiger partial charge in [-0.15, -0.1) is 0 Å². The third kappa shape index (κ3) is 2.84. The van der Waals surface area contributed by atoms with Crippen LogP contribution in [0.2, 0.25) is 0 Å². The highest BCUT2D eigenvalue weighted by Crippen LogP contribution is 2.34. The lowest BCUT2D eigenvalue weighted by atomic mass is 9.85. The smallest absolute Gasteiger partial charge is 0.132 e. The van der Waals surface area contributed by atoms with Gasteiger partial charge in [0.2, 0.25) is 0 Å². The third-order valence-corrected chi connectivity index (χ3v) is 4.35. The molecule has 0 aromatic heterocycles. The van der Waals surface area contributed by atoms with Crippen molar-refractivity contribution in [3.05, 3.63) is 71.3 Å². The van der Waals surface area contributed by atoms with E-state index in [-0.39, 0.29) is 0 Å². The zero-order valence-corrected chi connectivity index (χ0v) is 12.2. The van der Waals surface area contributed by atoms with Gasteiger partial charge in [0.05, 0.1) is 6.07 Å². The van der Waals surface area contributed by atoms with Crippen LogP contribution in [0.3, 0.4) is 0 Å². The summed E-state index contributed by atoms with van der Waals surface area (Å²) >= 11 is 0. The molecule has 1 atom stereocenters. The lowest BCUT2D eigenvalue weighted by Crippen LogP contribution is -2.40. The van der Waals surface area contributed by atoms with Crippen molar-refractivity contribution in [2.24, 2.45) is 0 Å². The molecule has 0 saturated heterocycles. The maximum Gasteiger partial charge on any atom is 0.132 e. The van der Waals surface area contributed by atoms with Crippen molar-refractivity contribution in [3.63, 3.8) is 0 Å². The van der Waals surface area contributed by atoms with Crippen molar-refractivity contribution in [3.8, 4) is 6.07 Å². The van der Waals surface area contributed by atoms with Gasteiger partial charge in [0, 0.05) is 6.54 Å². The van der Waals surface area contributed by atoms with Gasteiger partial charge in [-0.3, -0.25) is 5.32 Å². The Kier molecular flexibility index (Phi) is 4.03. The number of hydrogen-bond acceptors (Lipinski definition) is 2. The van der Waals surface area contributed by atoms with Gasteiger partial charge in [0.25, 0.3) is 0 Å². The fourth-order valence-corrected chi connectivity index (χ4v) is 3.18. The first-order chi connectivity index (χ1) is 10.3. The molecule has 21 heavy (non-hydrogen) atoms. The summed E-state index contributed by atoms with van der Waals surface area (Å²) in [5.74, 6) is 0. The van der Waals surface area contributed by atoms with Crippen LogP contribution in [0, 0.1) is 11.3 Å². The number of benzene rings is 2. The van der Waals surface area contributed by atoms with Crippen LogP contribution < -0.4 is 5.32 Å². The normalized spacial score (nSPS) is 21.1. The summed E-state index contributed by atoms with van der Waals surface area (Å²) in [6.07, 6.45) is 4.21. The van der Waals surface area contributed by atoms with Crippen molar-refractivity contribution < 1.29 is 0 Å². The van der Waals surface area contributed by atoms with Crippen LogP contribution in [-0.2, 0) is 18.5 Å². The summed E-state index contributed by atoms with van der Waals surface area (Å²) < 4.78 is 0. The first kappa shape index (κ1) is 13.9. The van der Waals surface area contributed by atoms with Gasteiger partial charge < -0.3 is 0 Å². The fourth-order valence-electron chi connectivity index (χ4n) is 3.18. The molecule has 106 valence electrons. The molecule has 2 aromatic rings. The zero-order chi connectivity index (χ0) is 14.5. The highest BCUT2D eigenvalue weighted by atomic mass is 15.0. The van der Waals surface area contributed by atoms with E-state index in [9.17, 15) is 5.26 Å². The Morgan fingerprint density at radius 1 is 1.00 bits per heavy atom. The first-order valence-corrected chi connectivity index (χ1v) is 7.63. The van der Waals surface area contributed by atoms with Crippen LogP contribution >= 0.6 is 0 Å². The average molecular weight is 276 g/mol. The Morgan fingerprint density at radius 3 is 2.57 bits per heavy atom. The highest BCUT2D eigenvalue weighted by Gasteiger charge is 2.34. The minimum Gasteiger partial charge on any atom is -0.292 e. The van der Waals surface area contributed by atoms with E-state index in [1.54, 1.807) is 0 Å². The SMILES string of the molecule is N#CC1(NCc2ccccc2)CCCCc2ccccc21. The molecule has 1 unspecified atom stereocenters. The molecule has 1 N–H and O–H groups in total. The molecule has 1 aliphatic carbocycles. The third-order valence-electron chi connectivity index (χ3n) is 4.35. The number of fused-ring (bicyclic) bond motifs is 1. The maximum atomic E-state index is 9.88. The molecule has 0 amide bonds. The summed E-state index contributed by atoms with van der Waals surface area (Å²) in [4.78, 5) is 0. The predicted octanol–water partition coefficient (Wildman–Crippen LogP) is 3.92. The summed E-state index contributed by atoms with van der Waals surface area (Å²) in [6.45, 7) is 0.725. The van der Waals surface area contributed by atoms with Crippen molar-refractivity contribution >= 4 is 0 Å². The predicted molar refractivity (Wildman–Crippen MR) is 84.6 cm³/mol. The van der Waals surface area contributed by atoms with Crippen LogP contribution in [0.25, 0.3) is 0 Å². The van der Waals surface area contributed by atoms with E-state index in [2.05, 4.69) is 41.7 Å². The summed E-state index contributed by atoms with van der Waals surface area (Å²) in [6, 6.07) is 21.3. The van der Waals surface area contributed by atoms with Crippen LogP contribution in [0.4, 0.5) is 0 Å². The number of nitrogens with one attached hydrogen (secondary N) is 1. The largest absolute Gasteiger partial charge is 0.292 e. The van der Waals surface area contributed by atoms with Crippen molar-refractivity contribution in [2.45, 2.75) is 37.8 Å². The standard InChI is InChI=1S/C19H20N2/c20-15-19(21-14-16-8-2-1-3-9-16)13-7-6-11-17-10-4-5-12-18(17)19/h1-5,8-10,12,21H,6-7,11,13-14H2. The van der Waals surface area contributed by atoms with Crippen LogP contribution in [-0.4, -0.2) is 0 Å². The van der Waals surface area contributed by atoms with E-state index in [0.717, 1.165) is 32.2 Å². The molecule has 0 aliphatic heterocycles. The second kappa shape index (κ2) is 6.11. The summed E-state index contributed by atoms with van der Waals surface area (Å²) in [5.41, 5.74) is 3.15. The fraction of sp³-hybridized carbons (Fsp3) is 0.316. The Balaban J connectivity index is 1.91. The molecule has 0 spiro atoms. The number of nitriles is 1. The molecule has 0 radical (unpaired) electrons. The van der Waals surface area contributed by atoms with E-state index in [4.69, 9.17) is 0 Å². The molecular formula is C19H20N2. The van der Waals surface area contributed by atoms with E-state index in [1.807, 2.05) is 24.3 Å². The topological polar surface area (TPSA) is 35.8 Å². The Labute approximate surface area is 126 Å². The van der Waals surface area contributed by atoms with Crippen LogP contribution in [0.1, 0.15) is 36.0 Å². The van der Waals surface area contributed by atoms with Crippen molar-refractivity contribution in [2.75, 3.05) is 0 Å². The highest BCUT2D eigenvalue weighted by molar-refractivity contribution is 5.39. The van der Waals surface area contributed by atoms with Gasteiger partial charge in [-0.1, -0.05) is 54.6 Å². The minimum absolute atomic E-state index is 0.553. The number of hydrogen-bond donors (Lipinski definition) is 1. The van der Waals surface area contributed by atoms with Gasteiger partial charge >= 0.3 is 0 Å². The van der Waals surface area contributed by atoms with E-state index in [1.165, 1.54) is 16.7 Å². The molecule has 2 nitrogen and oxygen atoms in total. The Bertz CT molecular complexity index is 642. The quantitative estimate of drug-likeness (QED) is 0.862. The molecule has 0 saturated carbocycles. The second-order valence-electron chi connectivity index (χ2n) is 5.72. The van der Waals surface area contributed by atoms with Gasteiger partial charge in [0.1, 0.15) is 5.54 Å². The lowest BCUT2D eigenvalue weighted by molar-refractivity contribution is 0.389. The molecule has 0 bridgehead atoms. The number of rotatable bonds is 3. The first-order valence-electron chi connectivity index (χ1n) is 7.63. The minimum atomic E-state index is -0.553. The molecule has 0 heterocycles. The maximum absolute atomic E-state index is 9.88. The van der Waals surface area contributed by atoms with E-state index in [0.29, 0.717) is 0 Å². The molecule has 1 aliphatic rings. The second-order valence-corrected chi connectivity index (χ2v) is 5.72. The Morgan fingerprint density at radius 2 is 1.76 bits per heavy atom. The van der Waals surface area contributed by atoms with Crippen molar-refractivity contribution in [1.29, 1.82) is 5.26 Å². The molecule has 2 heteroatoms. The molecule has 3 rings (SSSR count). The molecule has 2 aromatic carbocycles. The van der Waals surface area contributed by atoms with Gasteiger partial charge in [0.15, 0.2) is 0 Å². The van der Waals surface area contributed by atoms with Crippen LogP contribution in [0.5, 0.6) is 0 Å². The van der Waals surface area contributed by atoms with Crippen molar-refractivity contribution in [1.82, 2.24) is 5.32 Å². The molecular weight excluding hydrogens is 256 g/mol. The number of aryl methyl sites for hydroxylation is 1. The number of nitrogens with zero attached hydrogens (tertiary/aromatic N) is 1. The Hall–Kier alpha value is -2.11. The van der Waals surface area contributed by atoms with E-state index >= 15 is 0 Å². The van der Waals surface area contributed by atoms with Gasteiger partial charge in [-0.05, 0) is 42.4 Å². The van der Waals surface area contributed by atoms with E-state index < -0.39 is 5.54 Å². The zero-order valence-electron chi connectivity index (χ0n) is 12.2. The van der Waals surface area contributed by atoms with Gasteiger partial charge in [-0.25, -0.2) is 0 Å². The average Bonchev–Trinajstić information content (AvgIpc) is 2.74. The van der Waals surface area contributed by atoms with Gasteiger partial charge in [-0.2, -0.15) is 5.26 Å².